The molecular formula is C30H44N6O6S. The number of hydrogen-bond donors (Lipinski definition) is 0. The van der Waals surface area contributed by atoms with Crippen LogP contribution in [0.5, 0.6) is 5.75 Å². The van der Waals surface area contributed by atoms with E-state index in [9.17, 15) is 18.0 Å². The second kappa shape index (κ2) is 12.9. The van der Waals surface area contributed by atoms with Crippen LogP contribution in [0.3, 0.4) is 0 Å². The third kappa shape index (κ3) is 7.67. The van der Waals surface area contributed by atoms with Crippen molar-refractivity contribution in [1.82, 2.24) is 14.9 Å². The molecule has 0 N–H and O–H groups in total. The molecule has 2 aliphatic heterocycles. The predicted octanol–water partition coefficient (Wildman–Crippen LogP) is 3.84. The molecule has 2 aromatic rings. The van der Waals surface area contributed by atoms with Crippen molar-refractivity contribution in [3.05, 3.63) is 36.0 Å². The summed E-state index contributed by atoms with van der Waals surface area (Å²) in [4.78, 5) is 41.1. The molecule has 0 spiro atoms. The van der Waals surface area contributed by atoms with Crippen molar-refractivity contribution in [2.45, 2.75) is 78.5 Å². The monoisotopic (exact) mass is 616 g/mol. The van der Waals surface area contributed by atoms with E-state index in [0.29, 0.717) is 49.4 Å². The zero-order valence-electron chi connectivity index (χ0n) is 26.2. The fourth-order valence-corrected chi connectivity index (χ4v) is 6.73. The second-order valence-corrected chi connectivity index (χ2v) is 13.9. The van der Waals surface area contributed by atoms with Crippen LogP contribution >= 0.6 is 0 Å². The first kappa shape index (κ1) is 32.3. The van der Waals surface area contributed by atoms with E-state index < -0.39 is 33.7 Å². The van der Waals surface area contributed by atoms with Crippen LogP contribution in [0.15, 0.2) is 30.5 Å². The van der Waals surface area contributed by atoms with Gasteiger partial charge < -0.3 is 24.2 Å². The number of carbonyl (C=O) groups is 2. The van der Waals surface area contributed by atoms with Crippen LogP contribution in [0.4, 0.5) is 22.2 Å². The molecule has 2 atom stereocenters. The lowest BCUT2D eigenvalue weighted by Gasteiger charge is -2.44. The molecule has 4 rings (SSSR count). The third-order valence-electron chi connectivity index (χ3n) is 7.49. The predicted molar refractivity (Wildman–Crippen MR) is 166 cm³/mol. The minimum atomic E-state index is -3.66. The highest BCUT2D eigenvalue weighted by Gasteiger charge is 2.41. The van der Waals surface area contributed by atoms with E-state index in [2.05, 4.69) is 4.98 Å². The maximum Gasteiger partial charge on any atom is 0.415 e. The van der Waals surface area contributed by atoms with Crippen LogP contribution in [-0.2, 0) is 26.0 Å². The summed E-state index contributed by atoms with van der Waals surface area (Å²) in [5.74, 6) is 0.772. The summed E-state index contributed by atoms with van der Waals surface area (Å²) in [5, 5.41) is 0. The summed E-state index contributed by atoms with van der Waals surface area (Å²) in [6.07, 6.45) is 4.52. The smallest absolute Gasteiger partial charge is 0.415 e. The number of hydrogen-bond acceptors (Lipinski definition) is 10. The summed E-state index contributed by atoms with van der Waals surface area (Å²) in [7, 11) is -3.66. The second-order valence-electron chi connectivity index (χ2n) is 12.1. The van der Waals surface area contributed by atoms with Gasteiger partial charge >= 0.3 is 12.1 Å². The molecule has 43 heavy (non-hydrogen) atoms. The van der Waals surface area contributed by atoms with E-state index in [4.69, 9.17) is 14.5 Å². The van der Waals surface area contributed by atoms with Gasteiger partial charge in [-0.2, -0.15) is 4.98 Å². The fraction of sp³-hybridized carbons (Fsp3) is 0.600. The van der Waals surface area contributed by atoms with Crippen LogP contribution in [-0.4, -0.2) is 92.0 Å². The minimum Gasteiger partial charge on any atom is -0.458 e. The normalized spacial score (nSPS) is 17.8. The number of anilines is 3. The minimum absolute atomic E-state index is 0.213. The number of nitrogens with zero attached hydrogens (tertiary/aromatic N) is 6. The molecule has 0 bridgehead atoms. The number of likely N-dealkylation sites (tertiary alicyclic amines) is 1. The van der Waals surface area contributed by atoms with Crippen molar-refractivity contribution < 1.29 is 27.5 Å². The fourth-order valence-electron chi connectivity index (χ4n) is 5.52. The summed E-state index contributed by atoms with van der Waals surface area (Å²) in [5.41, 5.74) is 0.383. The standard InChI is InChI=1S/C30H44N6O6S/c1-8-33(9-2)28-31-19-25-26(32-28)35(20-21(3)36(25)43(7,39)40)24(27(37)42-30(4,5)6)18-22-12-14-23(15-13-22)41-29(38)34-16-10-11-17-34/h12-15,19,21,24H,8-11,16-18,20H2,1-7H3. The first-order chi connectivity index (χ1) is 20.2. The lowest BCUT2D eigenvalue weighted by Crippen LogP contribution is -2.56. The Morgan fingerprint density at radius 2 is 1.72 bits per heavy atom. The average molecular weight is 617 g/mol. The van der Waals surface area contributed by atoms with Gasteiger partial charge in [0.2, 0.25) is 16.0 Å². The number of fused-ring (bicyclic) bond motifs is 1. The van der Waals surface area contributed by atoms with Crippen LogP contribution in [0.25, 0.3) is 0 Å². The van der Waals surface area contributed by atoms with Gasteiger partial charge in [0.25, 0.3) is 0 Å². The molecule has 3 heterocycles. The van der Waals surface area contributed by atoms with Crippen molar-refractivity contribution in [1.29, 1.82) is 0 Å². The number of carbonyl (C=O) groups excluding carboxylic acids is 2. The molecule has 2 unspecified atom stereocenters. The van der Waals surface area contributed by atoms with E-state index in [0.717, 1.165) is 24.7 Å². The summed E-state index contributed by atoms with van der Waals surface area (Å²) >= 11 is 0. The summed E-state index contributed by atoms with van der Waals surface area (Å²) in [6.45, 7) is 14.1. The molecule has 2 aliphatic rings. The number of amides is 1. The van der Waals surface area contributed by atoms with E-state index >= 15 is 0 Å². The van der Waals surface area contributed by atoms with Crippen molar-refractivity contribution in [3.8, 4) is 5.75 Å². The Bertz CT molecular complexity index is 1400. The quantitative estimate of drug-likeness (QED) is 0.384. The Morgan fingerprint density at radius 3 is 2.28 bits per heavy atom. The molecule has 12 nitrogen and oxygen atoms in total. The number of esters is 1. The molecule has 13 heteroatoms. The number of benzene rings is 1. The van der Waals surface area contributed by atoms with E-state index in [1.165, 1.54) is 10.5 Å². The third-order valence-corrected chi connectivity index (χ3v) is 8.76. The molecule has 1 fully saturated rings. The average Bonchev–Trinajstić information content (AvgIpc) is 3.47. The Kier molecular flexibility index (Phi) is 9.73. The SMILES string of the molecule is CCN(CC)c1ncc2c(n1)N(C(Cc1ccc(OC(=O)N3CCCC3)cc1)C(=O)OC(C)(C)C)CC(C)N2S(C)(=O)=O. The van der Waals surface area contributed by atoms with Crippen LogP contribution < -0.4 is 18.8 Å². The molecular weight excluding hydrogens is 572 g/mol. The molecule has 1 aromatic heterocycles. The summed E-state index contributed by atoms with van der Waals surface area (Å²) in [6, 6.07) is 5.76. The highest BCUT2D eigenvalue weighted by Crippen LogP contribution is 2.38. The number of rotatable bonds is 9. The van der Waals surface area contributed by atoms with Crippen molar-refractivity contribution >= 4 is 39.5 Å². The maximum absolute atomic E-state index is 13.8. The summed E-state index contributed by atoms with van der Waals surface area (Å²) < 4.78 is 38.5. The van der Waals surface area contributed by atoms with Gasteiger partial charge in [-0.3, -0.25) is 4.31 Å². The van der Waals surface area contributed by atoms with Crippen molar-refractivity contribution in [2.24, 2.45) is 0 Å². The largest absolute Gasteiger partial charge is 0.458 e. The first-order valence-electron chi connectivity index (χ1n) is 14.9. The lowest BCUT2D eigenvalue weighted by molar-refractivity contribution is -0.156. The van der Waals surface area contributed by atoms with Gasteiger partial charge in [-0.05, 0) is 72.1 Å². The number of ether oxygens (including phenoxy) is 2. The van der Waals surface area contributed by atoms with Crippen LogP contribution in [0, 0.1) is 0 Å². The van der Waals surface area contributed by atoms with E-state index in [1.807, 2.05) is 56.6 Å². The Hall–Kier alpha value is -3.61. The van der Waals surface area contributed by atoms with Gasteiger partial charge in [0.05, 0.1) is 18.5 Å². The topological polar surface area (TPSA) is 125 Å². The van der Waals surface area contributed by atoms with Crippen LogP contribution in [0.2, 0.25) is 0 Å². The van der Waals surface area contributed by atoms with Crippen molar-refractivity contribution in [2.75, 3.05) is 53.1 Å². The van der Waals surface area contributed by atoms with Gasteiger partial charge in [-0.25, -0.2) is 23.0 Å². The molecule has 236 valence electrons. The van der Waals surface area contributed by atoms with Gasteiger partial charge in [0.1, 0.15) is 23.1 Å². The Labute approximate surface area is 255 Å². The number of sulfonamides is 1. The Morgan fingerprint density at radius 1 is 1.09 bits per heavy atom. The number of aromatic nitrogens is 2. The van der Waals surface area contributed by atoms with Gasteiger partial charge in [-0.15, -0.1) is 0 Å². The molecule has 0 aliphatic carbocycles. The molecule has 0 saturated carbocycles. The highest BCUT2D eigenvalue weighted by molar-refractivity contribution is 7.92. The highest BCUT2D eigenvalue weighted by atomic mass is 32.2. The van der Waals surface area contributed by atoms with Crippen LogP contribution in [0.1, 0.15) is 59.9 Å². The molecule has 1 aromatic carbocycles. The van der Waals surface area contributed by atoms with E-state index in [1.54, 1.807) is 24.0 Å². The molecule has 1 amide bonds. The molecule has 0 radical (unpaired) electrons. The zero-order chi connectivity index (χ0) is 31.5. The van der Waals surface area contributed by atoms with Gasteiger partial charge in [0, 0.05) is 39.1 Å². The first-order valence-corrected chi connectivity index (χ1v) is 16.7. The maximum atomic E-state index is 13.8. The van der Waals surface area contributed by atoms with Crippen molar-refractivity contribution in [3.63, 3.8) is 0 Å². The van der Waals surface area contributed by atoms with Gasteiger partial charge in [-0.1, -0.05) is 12.1 Å². The van der Waals surface area contributed by atoms with Gasteiger partial charge in [0.15, 0.2) is 5.82 Å². The zero-order valence-corrected chi connectivity index (χ0v) is 27.1. The Balaban J connectivity index is 1.71. The van der Waals surface area contributed by atoms with E-state index in [-0.39, 0.29) is 19.1 Å². The lowest BCUT2D eigenvalue weighted by atomic mass is 10.0. The molecule has 1 saturated heterocycles.